The van der Waals surface area contributed by atoms with Crippen LogP contribution in [0.2, 0.25) is 0 Å². The van der Waals surface area contributed by atoms with Gasteiger partial charge in [0.15, 0.2) is 0 Å². The molecule has 1 unspecified atom stereocenters. The van der Waals surface area contributed by atoms with E-state index in [1.54, 1.807) is 14.0 Å². The van der Waals surface area contributed by atoms with Gasteiger partial charge in [0.05, 0.1) is 32.5 Å². The summed E-state index contributed by atoms with van der Waals surface area (Å²) in [5, 5.41) is 10.1. The predicted molar refractivity (Wildman–Crippen MR) is 106 cm³/mol. The lowest BCUT2D eigenvalue weighted by molar-refractivity contribution is -0.138. The van der Waals surface area contributed by atoms with Gasteiger partial charge in [-0.2, -0.15) is 0 Å². The van der Waals surface area contributed by atoms with Crippen molar-refractivity contribution in [1.29, 1.82) is 0 Å². The Balaban J connectivity index is 4.00. The SMILES string of the molecule is C=C(CC(O)CCC(C)(C)/C=C/C=C/COCOCCOC)C(=O)OCC. The van der Waals surface area contributed by atoms with Gasteiger partial charge in [-0.25, -0.2) is 4.79 Å². The van der Waals surface area contributed by atoms with Crippen LogP contribution in [0, 0.1) is 5.41 Å². The van der Waals surface area contributed by atoms with Crippen LogP contribution >= 0.6 is 0 Å². The molecule has 0 aliphatic carbocycles. The zero-order chi connectivity index (χ0) is 20.5. The zero-order valence-electron chi connectivity index (χ0n) is 17.2. The van der Waals surface area contributed by atoms with Crippen molar-refractivity contribution in [2.45, 2.75) is 46.1 Å². The Bertz CT molecular complexity index is 467. The van der Waals surface area contributed by atoms with Crippen LogP contribution in [0.15, 0.2) is 36.5 Å². The zero-order valence-corrected chi connectivity index (χ0v) is 17.2. The molecule has 0 aromatic heterocycles. The number of aliphatic hydroxyl groups is 1. The van der Waals surface area contributed by atoms with Crippen LogP contribution < -0.4 is 0 Å². The smallest absolute Gasteiger partial charge is 0.333 e. The quantitative estimate of drug-likeness (QED) is 0.145. The highest BCUT2D eigenvalue weighted by molar-refractivity contribution is 5.87. The van der Waals surface area contributed by atoms with Crippen molar-refractivity contribution in [3.63, 3.8) is 0 Å². The molecule has 156 valence electrons. The van der Waals surface area contributed by atoms with Gasteiger partial charge in [0.1, 0.15) is 6.79 Å². The van der Waals surface area contributed by atoms with E-state index in [0.717, 1.165) is 6.42 Å². The lowest BCUT2D eigenvalue weighted by Crippen LogP contribution is -2.17. The van der Waals surface area contributed by atoms with Crippen LogP contribution in [0.3, 0.4) is 0 Å². The number of rotatable bonds is 16. The fraction of sp³-hybridized carbons (Fsp3) is 0.667. The number of carbonyl (C=O) groups excluding carboxylic acids is 1. The summed E-state index contributed by atoms with van der Waals surface area (Å²) in [4.78, 5) is 11.5. The molecule has 0 heterocycles. The maximum atomic E-state index is 11.5. The minimum atomic E-state index is -0.600. The van der Waals surface area contributed by atoms with Crippen molar-refractivity contribution in [3.8, 4) is 0 Å². The van der Waals surface area contributed by atoms with Crippen LogP contribution in [0.5, 0.6) is 0 Å². The normalized spacial score (nSPS) is 13.4. The van der Waals surface area contributed by atoms with Crippen LogP contribution in [0.4, 0.5) is 0 Å². The first-order valence-electron chi connectivity index (χ1n) is 9.34. The van der Waals surface area contributed by atoms with Crippen molar-refractivity contribution in [1.82, 2.24) is 0 Å². The fourth-order valence-electron chi connectivity index (χ4n) is 2.15. The van der Waals surface area contributed by atoms with Gasteiger partial charge in [0.2, 0.25) is 0 Å². The minimum Gasteiger partial charge on any atom is -0.463 e. The van der Waals surface area contributed by atoms with E-state index >= 15 is 0 Å². The van der Waals surface area contributed by atoms with Gasteiger partial charge in [-0.05, 0) is 25.2 Å². The molecule has 1 atom stereocenters. The van der Waals surface area contributed by atoms with Gasteiger partial charge in [0, 0.05) is 19.1 Å². The first-order valence-corrected chi connectivity index (χ1v) is 9.34. The molecule has 0 amide bonds. The van der Waals surface area contributed by atoms with E-state index in [4.69, 9.17) is 18.9 Å². The standard InChI is InChI=1S/C21H36O6/c1-6-27-20(23)18(2)16-19(22)10-12-21(3,4)11-8-7-9-13-25-17-26-15-14-24-5/h7-9,11,19,22H,2,6,10,12-17H2,1,3-5H3/b9-7+,11-8+. The van der Waals surface area contributed by atoms with Crippen LogP contribution in [0.25, 0.3) is 0 Å². The number of aliphatic hydroxyl groups excluding tert-OH is 1. The number of carbonyl (C=O) groups is 1. The predicted octanol–water partition coefficient (Wildman–Crippen LogP) is 3.41. The molecule has 1 N–H and O–H groups in total. The number of hydrogen-bond donors (Lipinski definition) is 1. The Labute approximate surface area is 163 Å². The maximum absolute atomic E-state index is 11.5. The first kappa shape index (κ1) is 25.5. The fourth-order valence-corrected chi connectivity index (χ4v) is 2.15. The molecular weight excluding hydrogens is 348 g/mol. The molecule has 0 aromatic carbocycles. The molecule has 0 spiro atoms. The molecule has 0 rings (SSSR count). The third-order valence-corrected chi connectivity index (χ3v) is 3.78. The number of ether oxygens (including phenoxy) is 4. The molecule has 27 heavy (non-hydrogen) atoms. The largest absolute Gasteiger partial charge is 0.463 e. The summed E-state index contributed by atoms with van der Waals surface area (Å²) < 4.78 is 20.2. The summed E-state index contributed by atoms with van der Waals surface area (Å²) in [6.45, 7) is 11.7. The second kappa shape index (κ2) is 15.6. The molecule has 6 nitrogen and oxygen atoms in total. The van der Waals surface area contributed by atoms with E-state index in [0.29, 0.717) is 38.4 Å². The van der Waals surface area contributed by atoms with Crippen molar-refractivity contribution in [2.75, 3.05) is 40.3 Å². The van der Waals surface area contributed by atoms with E-state index in [1.807, 2.05) is 18.2 Å². The number of methoxy groups -OCH3 is 1. The Morgan fingerprint density at radius 1 is 1.22 bits per heavy atom. The Kier molecular flexibility index (Phi) is 14.7. The average Bonchev–Trinajstić information content (AvgIpc) is 2.62. The maximum Gasteiger partial charge on any atom is 0.333 e. The van der Waals surface area contributed by atoms with E-state index in [-0.39, 0.29) is 18.6 Å². The van der Waals surface area contributed by atoms with E-state index in [9.17, 15) is 9.90 Å². The molecule has 0 fully saturated rings. The summed E-state index contributed by atoms with van der Waals surface area (Å²) >= 11 is 0. The Morgan fingerprint density at radius 3 is 2.63 bits per heavy atom. The minimum absolute atomic E-state index is 0.0687. The molecular formula is C21H36O6. The summed E-state index contributed by atoms with van der Waals surface area (Å²) in [6.07, 6.45) is 8.91. The molecule has 0 aromatic rings. The van der Waals surface area contributed by atoms with Gasteiger partial charge in [0.25, 0.3) is 0 Å². The average molecular weight is 385 g/mol. The highest BCUT2D eigenvalue weighted by Gasteiger charge is 2.18. The molecule has 0 radical (unpaired) electrons. The van der Waals surface area contributed by atoms with E-state index in [1.165, 1.54) is 0 Å². The number of allylic oxidation sites excluding steroid dienone is 3. The third kappa shape index (κ3) is 15.3. The molecule has 6 heteroatoms. The van der Waals surface area contributed by atoms with Gasteiger partial charge >= 0.3 is 5.97 Å². The molecule has 0 aliphatic rings. The van der Waals surface area contributed by atoms with Crippen molar-refractivity contribution >= 4 is 5.97 Å². The lowest BCUT2D eigenvalue weighted by Gasteiger charge is -2.22. The molecule has 0 aliphatic heterocycles. The molecule has 0 saturated heterocycles. The molecule has 0 saturated carbocycles. The highest BCUT2D eigenvalue weighted by Crippen LogP contribution is 2.26. The second-order valence-corrected chi connectivity index (χ2v) is 6.89. The summed E-state index contributed by atoms with van der Waals surface area (Å²) in [5.41, 5.74) is 0.243. The summed E-state index contributed by atoms with van der Waals surface area (Å²) in [5.74, 6) is -0.438. The van der Waals surface area contributed by atoms with Crippen LogP contribution in [-0.2, 0) is 23.7 Å². The van der Waals surface area contributed by atoms with Gasteiger partial charge in [-0.3, -0.25) is 0 Å². The van der Waals surface area contributed by atoms with Gasteiger partial charge in [-0.15, -0.1) is 0 Å². The second-order valence-electron chi connectivity index (χ2n) is 6.89. The van der Waals surface area contributed by atoms with Crippen LogP contribution in [0.1, 0.15) is 40.0 Å². The van der Waals surface area contributed by atoms with Gasteiger partial charge in [-0.1, -0.05) is 44.7 Å². The van der Waals surface area contributed by atoms with E-state index < -0.39 is 12.1 Å². The van der Waals surface area contributed by atoms with Gasteiger partial charge < -0.3 is 24.1 Å². The first-order chi connectivity index (χ1) is 12.8. The lowest BCUT2D eigenvalue weighted by atomic mass is 9.85. The Morgan fingerprint density at radius 2 is 1.96 bits per heavy atom. The summed E-state index contributed by atoms with van der Waals surface area (Å²) in [6, 6.07) is 0. The number of hydrogen-bond acceptors (Lipinski definition) is 6. The number of esters is 1. The summed E-state index contributed by atoms with van der Waals surface area (Å²) in [7, 11) is 1.63. The monoisotopic (exact) mass is 384 g/mol. The van der Waals surface area contributed by atoms with Crippen molar-refractivity contribution in [2.24, 2.45) is 5.41 Å². The van der Waals surface area contributed by atoms with E-state index in [2.05, 4.69) is 26.5 Å². The third-order valence-electron chi connectivity index (χ3n) is 3.78. The molecule has 0 bridgehead atoms. The topological polar surface area (TPSA) is 74.2 Å². The van der Waals surface area contributed by atoms with Crippen LogP contribution in [-0.4, -0.2) is 57.5 Å². The van der Waals surface area contributed by atoms with Crippen molar-refractivity contribution in [3.05, 3.63) is 36.5 Å². The van der Waals surface area contributed by atoms with Crippen molar-refractivity contribution < 1.29 is 28.8 Å². The highest BCUT2D eigenvalue weighted by atomic mass is 16.7. The Hall–Kier alpha value is -1.47.